The predicted molar refractivity (Wildman–Crippen MR) is 109 cm³/mol. The van der Waals surface area contributed by atoms with Crippen molar-refractivity contribution in [3.05, 3.63) is 47.7 Å². The molecule has 0 atom stereocenters. The van der Waals surface area contributed by atoms with Crippen molar-refractivity contribution in [2.75, 3.05) is 32.2 Å². The third-order valence-corrected chi connectivity index (χ3v) is 5.16. The Morgan fingerprint density at radius 1 is 1.14 bits per heavy atom. The molecule has 2 heterocycles. The number of rotatable bonds is 7. The zero-order valence-electron chi connectivity index (χ0n) is 16.7. The Balaban J connectivity index is 1.73. The van der Waals surface area contributed by atoms with Crippen molar-refractivity contribution in [2.24, 2.45) is 11.7 Å². The topological polar surface area (TPSA) is 107 Å². The van der Waals surface area contributed by atoms with Crippen LogP contribution in [-0.2, 0) is 11.3 Å². The molecule has 1 aromatic carbocycles. The average molecular weight is 398 g/mol. The van der Waals surface area contributed by atoms with E-state index in [1.807, 2.05) is 12.1 Å². The van der Waals surface area contributed by atoms with Crippen LogP contribution < -0.4 is 25.4 Å². The van der Waals surface area contributed by atoms with E-state index in [1.54, 1.807) is 24.4 Å². The van der Waals surface area contributed by atoms with Gasteiger partial charge in [-0.15, -0.1) is 0 Å². The Kier molecular flexibility index (Phi) is 6.54. The van der Waals surface area contributed by atoms with Gasteiger partial charge in [0.25, 0.3) is 5.91 Å². The average Bonchev–Trinajstić information content (AvgIpc) is 2.77. The second kappa shape index (κ2) is 9.27. The molecule has 0 spiro atoms. The van der Waals surface area contributed by atoms with E-state index < -0.39 is 0 Å². The first-order chi connectivity index (χ1) is 14.0. The van der Waals surface area contributed by atoms with Crippen LogP contribution in [0.2, 0.25) is 0 Å². The molecular formula is C21H26N4O4. The summed E-state index contributed by atoms with van der Waals surface area (Å²) in [6.07, 6.45) is 3.14. The molecule has 1 aromatic heterocycles. The standard InChI is InChI=1S/C21H26N4O4/c1-28-16-6-3-7-17(29-2)18(16)21(27)24-13-15-5-4-10-23-20(15)25-11-8-14(9-12-25)19(22)26/h3-7,10,14H,8-9,11-13H2,1-2H3,(H2,22,26)(H,24,27). The van der Waals surface area contributed by atoms with E-state index in [1.165, 1.54) is 14.2 Å². The van der Waals surface area contributed by atoms with Gasteiger partial charge in [0.2, 0.25) is 5.91 Å². The lowest BCUT2D eigenvalue weighted by molar-refractivity contribution is -0.122. The molecule has 29 heavy (non-hydrogen) atoms. The van der Waals surface area contributed by atoms with Crippen molar-refractivity contribution in [3.8, 4) is 11.5 Å². The number of hydrogen-bond acceptors (Lipinski definition) is 6. The lowest BCUT2D eigenvalue weighted by Crippen LogP contribution is -2.39. The third-order valence-electron chi connectivity index (χ3n) is 5.16. The van der Waals surface area contributed by atoms with Crippen LogP contribution in [-0.4, -0.2) is 44.1 Å². The van der Waals surface area contributed by atoms with Crippen LogP contribution in [0.3, 0.4) is 0 Å². The van der Waals surface area contributed by atoms with E-state index in [0.29, 0.717) is 49.5 Å². The first-order valence-electron chi connectivity index (χ1n) is 9.52. The number of amides is 2. The molecule has 0 saturated carbocycles. The first-order valence-corrected chi connectivity index (χ1v) is 9.52. The van der Waals surface area contributed by atoms with Crippen LogP contribution in [0.1, 0.15) is 28.8 Å². The van der Waals surface area contributed by atoms with Crippen molar-refractivity contribution >= 4 is 17.6 Å². The minimum Gasteiger partial charge on any atom is -0.496 e. The summed E-state index contributed by atoms with van der Waals surface area (Å²) in [5.41, 5.74) is 6.67. The van der Waals surface area contributed by atoms with Gasteiger partial charge >= 0.3 is 0 Å². The number of carbonyl (C=O) groups excluding carboxylic acids is 2. The normalized spacial score (nSPS) is 14.3. The second-order valence-electron chi connectivity index (χ2n) is 6.87. The summed E-state index contributed by atoms with van der Waals surface area (Å²) >= 11 is 0. The highest BCUT2D eigenvalue weighted by molar-refractivity contribution is 5.99. The number of pyridine rings is 1. The van der Waals surface area contributed by atoms with Gasteiger partial charge in [0.15, 0.2) is 0 Å². The fourth-order valence-electron chi connectivity index (χ4n) is 3.57. The molecule has 1 saturated heterocycles. The number of piperidine rings is 1. The number of carbonyl (C=O) groups is 2. The summed E-state index contributed by atoms with van der Waals surface area (Å²) < 4.78 is 10.6. The predicted octanol–water partition coefficient (Wildman–Crippen LogP) is 1.73. The zero-order valence-corrected chi connectivity index (χ0v) is 16.7. The van der Waals surface area contributed by atoms with E-state index in [0.717, 1.165) is 11.4 Å². The van der Waals surface area contributed by atoms with Crippen LogP contribution in [0.15, 0.2) is 36.5 Å². The van der Waals surface area contributed by atoms with Crippen molar-refractivity contribution < 1.29 is 19.1 Å². The number of benzene rings is 1. The lowest BCUT2D eigenvalue weighted by atomic mass is 9.96. The van der Waals surface area contributed by atoms with E-state index in [2.05, 4.69) is 15.2 Å². The number of anilines is 1. The number of primary amides is 1. The molecule has 8 nitrogen and oxygen atoms in total. The van der Waals surface area contributed by atoms with E-state index in [9.17, 15) is 9.59 Å². The van der Waals surface area contributed by atoms with Gasteiger partial charge in [-0.05, 0) is 31.0 Å². The lowest BCUT2D eigenvalue weighted by Gasteiger charge is -2.32. The zero-order chi connectivity index (χ0) is 20.8. The highest BCUT2D eigenvalue weighted by Gasteiger charge is 2.25. The SMILES string of the molecule is COc1cccc(OC)c1C(=O)NCc1cccnc1N1CCC(C(N)=O)CC1. The van der Waals surface area contributed by atoms with Crippen LogP contribution in [0.5, 0.6) is 11.5 Å². The summed E-state index contributed by atoms with van der Waals surface area (Å²) in [7, 11) is 3.03. The number of aromatic nitrogens is 1. The van der Waals surface area contributed by atoms with Gasteiger partial charge in [-0.3, -0.25) is 9.59 Å². The van der Waals surface area contributed by atoms with Crippen molar-refractivity contribution in [1.29, 1.82) is 0 Å². The number of nitrogens with two attached hydrogens (primary N) is 1. The molecule has 3 N–H and O–H groups in total. The van der Waals surface area contributed by atoms with Crippen molar-refractivity contribution in [3.63, 3.8) is 0 Å². The summed E-state index contributed by atoms with van der Waals surface area (Å²) in [6.45, 7) is 1.71. The highest BCUT2D eigenvalue weighted by atomic mass is 16.5. The summed E-state index contributed by atoms with van der Waals surface area (Å²) in [5, 5.41) is 2.93. The maximum Gasteiger partial charge on any atom is 0.259 e. The highest BCUT2D eigenvalue weighted by Crippen LogP contribution is 2.29. The fourth-order valence-corrected chi connectivity index (χ4v) is 3.57. The number of nitrogens with zero attached hydrogens (tertiary/aromatic N) is 2. The summed E-state index contributed by atoms with van der Waals surface area (Å²) in [6, 6.07) is 8.97. The smallest absolute Gasteiger partial charge is 0.259 e. The Hall–Kier alpha value is -3.29. The molecule has 2 amide bonds. The van der Waals surface area contributed by atoms with Gasteiger partial charge in [-0.25, -0.2) is 4.98 Å². The van der Waals surface area contributed by atoms with Gasteiger partial charge < -0.3 is 25.4 Å². The number of methoxy groups -OCH3 is 2. The quantitative estimate of drug-likeness (QED) is 0.736. The maximum atomic E-state index is 12.8. The van der Waals surface area contributed by atoms with Gasteiger partial charge in [0.1, 0.15) is 22.9 Å². The number of ether oxygens (including phenoxy) is 2. The fraction of sp³-hybridized carbons (Fsp3) is 0.381. The van der Waals surface area contributed by atoms with Crippen LogP contribution in [0.4, 0.5) is 5.82 Å². The molecule has 1 aliphatic rings. The summed E-state index contributed by atoms with van der Waals surface area (Å²) in [4.78, 5) is 30.9. The Labute approximate surface area is 170 Å². The molecule has 154 valence electrons. The number of hydrogen-bond donors (Lipinski definition) is 2. The maximum absolute atomic E-state index is 12.8. The van der Waals surface area contributed by atoms with Crippen molar-refractivity contribution in [2.45, 2.75) is 19.4 Å². The van der Waals surface area contributed by atoms with Crippen LogP contribution in [0, 0.1) is 5.92 Å². The molecule has 0 unspecified atom stereocenters. The van der Waals surface area contributed by atoms with Crippen LogP contribution >= 0.6 is 0 Å². The van der Waals surface area contributed by atoms with Gasteiger partial charge in [-0.2, -0.15) is 0 Å². The van der Waals surface area contributed by atoms with E-state index >= 15 is 0 Å². The molecule has 2 aromatic rings. The van der Waals surface area contributed by atoms with Crippen molar-refractivity contribution in [1.82, 2.24) is 10.3 Å². The monoisotopic (exact) mass is 398 g/mol. The Bertz CT molecular complexity index is 856. The van der Waals surface area contributed by atoms with E-state index in [-0.39, 0.29) is 17.7 Å². The van der Waals surface area contributed by atoms with Crippen LogP contribution in [0.25, 0.3) is 0 Å². The second-order valence-corrected chi connectivity index (χ2v) is 6.87. The minimum atomic E-state index is -0.290. The molecule has 8 heteroatoms. The molecule has 0 bridgehead atoms. The molecule has 1 fully saturated rings. The largest absolute Gasteiger partial charge is 0.496 e. The third kappa shape index (κ3) is 4.59. The van der Waals surface area contributed by atoms with Gasteiger partial charge in [0.05, 0.1) is 14.2 Å². The first kappa shape index (κ1) is 20.4. The molecular weight excluding hydrogens is 372 g/mol. The molecule has 3 rings (SSSR count). The Morgan fingerprint density at radius 3 is 2.38 bits per heavy atom. The van der Waals surface area contributed by atoms with Gasteiger partial charge in [0, 0.05) is 37.3 Å². The van der Waals surface area contributed by atoms with E-state index in [4.69, 9.17) is 15.2 Å². The molecule has 0 radical (unpaired) electrons. The molecule has 0 aliphatic carbocycles. The molecule has 1 aliphatic heterocycles. The minimum absolute atomic E-state index is 0.0869. The Morgan fingerprint density at radius 2 is 1.79 bits per heavy atom. The number of nitrogens with one attached hydrogen (secondary N) is 1. The van der Waals surface area contributed by atoms with Gasteiger partial charge in [-0.1, -0.05) is 12.1 Å². The summed E-state index contributed by atoms with van der Waals surface area (Å²) in [5.74, 6) is 1.08.